The first-order chi connectivity index (χ1) is 13.4. The number of nitrogens with one attached hydrogen (secondary N) is 1. The average molecular weight is 461 g/mol. The van der Waals surface area contributed by atoms with E-state index in [-0.39, 0.29) is 51.7 Å². The van der Waals surface area contributed by atoms with E-state index in [1.165, 1.54) is 0 Å². The highest BCUT2D eigenvalue weighted by Crippen LogP contribution is 2.64. The van der Waals surface area contributed by atoms with Crippen molar-refractivity contribution in [3.8, 4) is 0 Å². The molecular formula is C20H26Cl2N2O4S. The summed E-state index contributed by atoms with van der Waals surface area (Å²) in [6.07, 6.45) is 1.90. The molecule has 160 valence electrons. The molecule has 0 aromatic heterocycles. The first-order valence-corrected chi connectivity index (χ1v) is 12.1. The number of anilines is 1. The van der Waals surface area contributed by atoms with Crippen molar-refractivity contribution in [2.24, 2.45) is 16.7 Å². The Kier molecular flexibility index (Phi) is 6.09. The van der Waals surface area contributed by atoms with Crippen molar-refractivity contribution < 1.29 is 18.0 Å². The van der Waals surface area contributed by atoms with Crippen molar-refractivity contribution >= 4 is 50.6 Å². The molecule has 2 fully saturated rings. The van der Waals surface area contributed by atoms with Crippen LogP contribution >= 0.6 is 23.2 Å². The summed E-state index contributed by atoms with van der Waals surface area (Å²) >= 11 is 12.1. The minimum absolute atomic E-state index is 0.0330. The Morgan fingerprint density at radius 2 is 1.90 bits per heavy atom. The number of hydrogen-bond acceptors (Lipinski definition) is 4. The molecule has 3 rings (SSSR count). The Labute approximate surface area is 182 Å². The lowest BCUT2D eigenvalue weighted by molar-refractivity contribution is -0.128. The van der Waals surface area contributed by atoms with Gasteiger partial charge in [-0.05, 0) is 36.3 Å². The van der Waals surface area contributed by atoms with E-state index in [4.69, 9.17) is 23.2 Å². The minimum atomic E-state index is -3.83. The van der Waals surface area contributed by atoms with Crippen LogP contribution in [-0.2, 0) is 19.6 Å². The van der Waals surface area contributed by atoms with Gasteiger partial charge < -0.3 is 5.32 Å². The summed E-state index contributed by atoms with van der Waals surface area (Å²) in [5, 5.41) is 3.13. The zero-order valence-corrected chi connectivity index (χ0v) is 19.1. The van der Waals surface area contributed by atoms with Crippen molar-refractivity contribution in [2.45, 2.75) is 40.0 Å². The molecule has 2 saturated carbocycles. The summed E-state index contributed by atoms with van der Waals surface area (Å²) in [6.45, 7) is 5.42. The molecule has 9 heteroatoms. The zero-order valence-electron chi connectivity index (χ0n) is 16.8. The van der Waals surface area contributed by atoms with Crippen molar-refractivity contribution in [3.63, 3.8) is 0 Å². The number of carbonyl (C=O) groups is 2. The summed E-state index contributed by atoms with van der Waals surface area (Å²) in [5.74, 6) is -0.531. The number of amides is 1. The Balaban J connectivity index is 1.77. The Morgan fingerprint density at radius 3 is 2.38 bits per heavy atom. The molecule has 0 aliphatic heterocycles. The molecule has 0 heterocycles. The van der Waals surface area contributed by atoms with E-state index in [1.807, 2.05) is 13.8 Å². The molecule has 0 spiro atoms. The highest BCUT2D eigenvalue weighted by atomic mass is 35.5. The van der Waals surface area contributed by atoms with E-state index >= 15 is 0 Å². The van der Waals surface area contributed by atoms with Crippen molar-refractivity contribution in [3.05, 3.63) is 28.2 Å². The summed E-state index contributed by atoms with van der Waals surface area (Å²) in [6, 6.07) is 4.82. The molecule has 1 aromatic carbocycles. The molecule has 2 bridgehead atoms. The molecule has 6 nitrogen and oxygen atoms in total. The van der Waals surface area contributed by atoms with E-state index in [1.54, 1.807) is 25.1 Å². The predicted molar refractivity (Wildman–Crippen MR) is 115 cm³/mol. The fourth-order valence-electron chi connectivity index (χ4n) is 4.87. The monoisotopic (exact) mass is 460 g/mol. The maximum atomic E-state index is 13.2. The number of sulfonamides is 1. The zero-order chi connectivity index (χ0) is 21.6. The van der Waals surface area contributed by atoms with Crippen LogP contribution in [0.1, 0.15) is 40.0 Å². The Hall–Kier alpha value is -1.15. The molecule has 2 unspecified atom stereocenters. The van der Waals surface area contributed by atoms with Crippen LogP contribution in [-0.4, -0.2) is 43.3 Å². The fraction of sp³-hybridized carbons (Fsp3) is 0.600. The number of nitrogens with zero attached hydrogens (tertiary/aromatic N) is 1. The fourth-order valence-corrected chi connectivity index (χ4v) is 7.56. The van der Waals surface area contributed by atoms with Gasteiger partial charge in [-0.1, -0.05) is 50.0 Å². The second kappa shape index (κ2) is 7.84. The van der Waals surface area contributed by atoms with Gasteiger partial charge in [0.2, 0.25) is 15.9 Å². The molecule has 2 atom stereocenters. The first kappa shape index (κ1) is 22.5. The quantitative estimate of drug-likeness (QED) is 0.666. The number of rotatable bonds is 7. The van der Waals surface area contributed by atoms with Gasteiger partial charge in [-0.25, -0.2) is 8.42 Å². The second-order valence-corrected chi connectivity index (χ2v) is 11.3. The second-order valence-electron chi connectivity index (χ2n) is 8.49. The maximum Gasteiger partial charge on any atom is 0.239 e. The van der Waals surface area contributed by atoms with E-state index < -0.39 is 21.3 Å². The molecule has 1 aromatic rings. The summed E-state index contributed by atoms with van der Waals surface area (Å²) in [7, 11) is -3.83. The molecule has 29 heavy (non-hydrogen) atoms. The molecular weight excluding hydrogens is 435 g/mol. The third-order valence-corrected chi connectivity index (χ3v) is 9.52. The Bertz CT molecular complexity index is 928. The first-order valence-electron chi connectivity index (χ1n) is 9.69. The van der Waals surface area contributed by atoms with E-state index in [0.717, 1.165) is 10.7 Å². The normalized spacial score (nSPS) is 25.6. The van der Waals surface area contributed by atoms with Gasteiger partial charge in [0.15, 0.2) is 0 Å². The number of likely N-dealkylation sites (N-methyl/N-ethyl adjacent to an activating group) is 1. The topological polar surface area (TPSA) is 83.6 Å². The van der Waals surface area contributed by atoms with Crippen LogP contribution in [0.5, 0.6) is 0 Å². The van der Waals surface area contributed by atoms with Crippen LogP contribution in [0, 0.1) is 16.7 Å². The van der Waals surface area contributed by atoms with Crippen LogP contribution in [0.2, 0.25) is 10.0 Å². The van der Waals surface area contributed by atoms with Gasteiger partial charge in [0, 0.05) is 18.4 Å². The molecule has 0 radical (unpaired) electrons. The number of hydrogen-bond donors (Lipinski definition) is 1. The van der Waals surface area contributed by atoms with E-state index in [9.17, 15) is 18.0 Å². The van der Waals surface area contributed by atoms with E-state index in [2.05, 4.69) is 5.32 Å². The van der Waals surface area contributed by atoms with Crippen molar-refractivity contribution in [1.82, 2.24) is 4.31 Å². The number of halogens is 2. The standard InChI is InChI=1S/C20H26Cl2N2O4S/c1-4-24(11-17(26)23-18-14(21)6-5-7-15(18)22)29(27,28)12-20-9-8-13(10-16(20)25)19(20,2)3/h5-7,13H,4,8-12H2,1-3H3,(H,23,26). The number of Topliss-reactive ketones (excluding diaryl/α,β-unsaturated/α-hetero) is 1. The van der Waals surface area contributed by atoms with Gasteiger partial charge in [-0.2, -0.15) is 4.31 Å². The highest BCUT2D eigenvalue weighted by Gasteiger charge is 2.65. The molecule has 0 saturated heterocycles. The summed E-state index contributed by atoms with van der Waals surface area (Å²) in [4.78, 5) is 25.2. The number of benzene rings is 1. The lowest BCUT2D eigenvalue weighted by Gasteiger charge is -2.37. The number of para-hydroxylation sites is 1. The average Bonchev–Trinajstić information content (AvgIpc) is 2.96. The van der Waals surface area contributed by atoms with Crippen LogP contribution in [0.25, 0.3) is 0 Å². The maximum absolute atomic E-state index is 13.2. The Morgan fingerprint density at radius 1 is 1.28 bits per heavy atom. The van der Waals surface area contributed by atoms with Crippen molar-refractivity contribution in [1.29, 1.82) is 0 Å². The molecule has 1 N–H and O–H groups in total. The van der Waals surface area contributed by atoms with Gasteiger partial charge in [0.1, 0.15) is 5.78 Å². The van der Waals surface area contributed by atoms with Gasteiger partial charge in [0.05, 0.1) is 28.0 Å². The highest BCUT2D eigenvalue weighted by molar-refractivity contribution is 7.89. The summed E-state index contributed by atoms with van der Waals surface area (Å²) < 4.78 is 27.5. The van der Waals surface area contributed by atoms with Crippen molar-refractivity contribution in [2.75, 3.05) is 24.2 Å². The van der Waals surface area contributed by atoms with Crippen LogP contribution in [0.15, 0.2) is 18.2 Å². The molecule has 2 aliphatic carbocycles. The summed E-state index contributed by atoms with van der Waals surface area (Å²) in [5.41, 5.74) is -0.977. The molecule has 1 amide bonds. The smallest absolute Gasteiger partial charge is 0.239 e. The lowest BCUT2D eigenvalue weighted by atomic mass is 9.70. The minimum Gasteiger partial charge on any atom is -0.322 e. The number of carbonyl (C=O) groups excluding carboxylic acids is 2. The number of fused-ring (bicyclic) bond motifs is 2. The third kappa shape index (κ3) is 3.82. The lowest BCUT2D eigenvalue weighted by Crippen LogP contribution is -2.48. The van der Waals surface area contributed by atoms with Crippen LogP contribution in [0.4, 0.5) is 5.69 Å². The molecule has 2 aliphatic rings. The van der Waals surface area contributed by atoms with Gasteiger partial charge in [0.25, 0.3) is 0 Å². The van der Waals surface area contributed by atoms with Crippen LogP contribution < -0.4 is 5.32 Å². The predicted octanol–water partition coefficient (Wildman–Crippen LogP) is 3.98. The third-order valence-electron chi connectivity index (χ3n) is 6.86. The van der Waals surface area contributed by atoms with Gasteiger partial charge in [-0.3, -0.25) is 9.59 Å². The SMILES string of the molecule is CCN(CC(=O)Nc1c(Cl)cccc1Cl)S(=O)(=O)CC12CCC(CC1=O)C2(C)C. The van der Waals surface area contributed by atoms with E-state index in [0.29, 0.717) is 12.8 Å². The van der Waals surface area contributed by atoms with Gasteiger partial charge >= 0.3 is 0 Å². The van der Waals surface area contributed by atoms with Gasteiger partial charge in [-0.15, -0.1) is 0 Å². The number of ketones is 1. The van der Waals surface area contributed by atoms with Crippen LogP contribution in [0.3, 0.4) is 0 Å². The largest absolute Gasteiger partial charge is 0.322 e.